The maximum absolute atomic E-state index is 14.3. The maximum Gasteiger partial charge on any atom is 0.410 e. The third-order valence-electron chi connectivity index (χ3n) is 5.45. The molecule has 1 fully saturated rings. The number of carbonyl (C=O) groups is 1. The van der Waals surface area contributed by atoms with Crippen molar-refractivity contribution < 1.29 is 27.4 Å². The number of benzene rings is 2. The van der Waals surface area contributed by atoms with E-state index in [9.17, 15) is 18.0 Å². The van der Waals surface area contributed by atoms with Gasteiger partial charge in [0, 0.05) is 17.7 Å². The lowest BCUT2D eigenvalue weighted by molar-refractivity contribution is 0.0599. The summed E-state index contributed by atoms with van der Waals surface area (Å²) in [5, 5.41) is 0. The van der Waals surface area contributed by atoms with Crippen LogP contribution in [-0.4, -0.2) is 48.2 Å². The average molecular weight is 451 g/mol. The molecule has 32 heavy (non-hydrogen) atoms. The Labute approximate surface area is 186 Å². The van der Waals surface area contributed by atoms with Crippen LogP contribution >= 0.6 is 0 Å². The van der Waals surface area contributed by atoms with Gasteiger partial charge in [-0.2, -0.15) is 0 Å². The molecular weight excluding hydrogens is 421 g/mol. The highest BCUT2D eigenvalue weighted by Gasteiger charge is 2.29. The molecule has 0 bridgehead atoms. The maximum atomic E-state index is 14.3. The van der Waals surface area contributed by atoms with Gasteiger partial charge in [-0.25, -0.2) is 18.0 Å². The smallest absolute Gasteiger partial charge is 0.410 e. The second-order valence-corrected chi connectivity index (χ2v) is 8.39. The van der Waals surface area contributed by atoms with E-state index in [1.165, 1.54) is 4.90 Å². The Hall–Kier alpha value is -2.74. The van der Waals surface area contributed by atoms with E-state index in [2.05, 4.69) is 4.90 Å². The number of carbonyl (C=O) groups excluding carboxylic acids is 1. The Bertz CT molecular complexity index is 913. The first-order valence-electron chi connectivity index (χ1n) is 10.7. The van der Waals surface area contributed by atoms with Crippen molar-refractivity contribution in [3.05, 3.63) is 65.0 Å². The number of ether oxygens (including phenoxy) is 2. The minimum absolute atomic E-state index is 0.0319. The normalized spacial score (nSPS) is 15.1. The van der Waals surface area contributed by atoms with Crippen molar-refractivity contribution in [1.29, 1.82) is 0 Å². The van der Waals surface area contributed by atoms with E-state index in [1.54, 1.807) is 24.3 Å². The second-order valence-electron chi connectivity index (χ2n) is 8.39. The zero-order valence-electron chi connectivity index (χ0n) is 18.6. The minimum Gasteiger partial charge on any atom is -0.491 e. The van der Waals surface area contributed by atoms with Gasteiger partial charge >= 0.3 is 6.09 Å². The average Bonchev–Trinajstić information content (AvgIpc) is 2.75. The SMILES string of the molecule is CC(C)Oc1ccc(COC(=O)N(Cc2cc(F)c(F)cc2F)C2CCN(C)CC2)cc1. The van der Waals surface area contributed by atoms with Crippen LogP contribution in [0.25, 0.3) is 0 Å². The lowest BCUT2D eigenvalue weighted by atomic mass is 10.0. The van der Waals surface area contributed by atoms with Gasteiger partial charge in [0.15, 0.2) is 11.6 Å². The van der Waals surface area contributed by atoms with E-state index in [1.807, 2.05) is 20.9 Å². The Balaban J connectivity index is 1.71. The summed E-state index contributed by atoms with van der Waals surface area (Å²) in [6, 6.07) is 8.33. The van der Waals surface area contributed by atoms with Crippen LogP contribution in [0.4, 0.5) is 18.0 Å². The lowest BCUT2D eigenvalue weighted by Crippen LogP contribution is -2.46. The highest BCUT2D eigenvalue weighted by molar-refractivity contribution is 5.68. The molecule has 1 saturated heterocycles. The molecule has 2 aromatic carbocycles. The van der Waals surface area contributed by atoms with Crippen molar-refractivity contribution in [3.63, 3.8) is 0 Å². The van der Waals surface area contributed by atoms with Gasteiger partial charge in [-0.05, 0) is 70.6 Å². The van der Waals surface area contributed by atoms with Crippen molar-refractivity contribution in [3.8, 4) is 5.75 Å². The summed E-state index contributed by atoms with van der Waals surface area (Å²) in [4.78, 5) is 16.5. The van der Waals surface area contributed by atoms with Gasteiger partial charge in [0.05, 0.1) is 12.6 Å². The molecule has 0 unspecified atom stereocenters. The standard InChI is InChI=1S/C24H29F3N2O3/c1-16(2)32-20-6-4-17(5-7-20)15-31-24(30)29(19-8-10-28(3)11-9-19)14-18-12-22(26)23(27)13-21(18)25/h4-7,12-13,16,19H,8-11,14-15H2,1-3H3. The molecule has 0 spiro atoms. The van der Waals surface area contributed by atoms with E-state index in [4.69, 9.17) is 9.47 Å². The molecule has 174 valence electrons. The van der Waals surface area contributed by atoms with Crippen LogP contribution < -0.4 is 4.74 Å². The number of halogens is 3. The first-order valence-corrected chi connectivity index (χ1v) is 10.7. The molecule has 0 saturated carbocycles. The summed E-state index contributed by atoms with van der Waals surface area (Å²) in [7, 11) is 1.99. The fourth-order valence-corrected chi connectivity index (χ4v) is 3.68. The molecule has 3 rings (SSSR count). The molecule has 2 aromatic rings. The zero-order chi connectivity index (χ0) is 23.3. The van der Waals surface area contributed by atoms with Gasteiger partial charge in [0.1, 0.15) is 18.2 Å². The third kappa shape index (κ3) is 6.38. The molecule has 0 atom stereocenters. The van der Waals surface area contributed by atoms with Crippen LogP contribution in [0.15, 0.2) is 36.4 Å². The van der Waals surface area contributed by atoms with Crippen LogP contribution in [0, 0.1) is 17.5 Å². The summed E-state index contributed by atoms with van der Waals surface area (Å²) >= 11 is 0. The van der Waals surface area contributed by atoms with Gasteiger partial charge in [-0.1, -0.05) is 12.1 Å². The Morgan fingerprint density at radius 1 is 1.06 bits per heavy atom. The Kier molecular flexibility index (Phi) is 8.01. The highest BCUT2D eigenvalue weighted by Crippen LogP contribution is 2.23. The molecule has 0 radical (unpaired) electrons. The molecule has 1 aliphatic heterocycles. The largest absolute Gasteiger partial charge is 0.491 e. The molecule has 0 N–H and O–H groups in total. The monoisotopic (exact) mass is 450 g/mol. The van der Waals surface area contributed by atoms with Gasteiger partial charge < -0.3 is 19.3 Å². The van der Waals surface area contributed by atoms with Gasteiger partial charge in [-0.15, -0.1) is 0 Å². The van der Waals surface area contributed by atoms with Crippen molar-refractivity contribution in [1.82, 2.24) is 9.80 Å². The van der Waals surface area contributed by atoms with Crippen molar-refractivity contribution >= 4 is 6.09 Å². The van der Waals surface area contributed by atoms with Crippen molar-refractivity contribution in [2.24, 2.45) is 0 Å². The third-order valence-corrected chi connectivity index (χ3v) is 5.45. The van der Waals surface area contributed by atoms with Crippen molar-refractivity contribution in [2.75, 3.05) is 20.1 Å². The summed E-state index contributed by atoms with van der Waals surface area (Å²) in [5.74, 6) is -2.58. The Morgan fingerprint density at radius 3 is 2.31 bits per heavy atom. The predicted octanol–water partition coefficient (Wildman–Crippen LogP) is 5.12. The van der Waals surface area contributed by atoms with Crippen LogP contribution in [0.3, 0.4) is 0 Å². The lowest BCUT2D eigenvalue weighted by Gasteiger charge is -2.36. The molecule has 1 amide bonds. The number of likely N-dealkylation sites (tertiary alicyclic amines) is 1. The first kappa shape index (κ1) is 23.9. The molecule has 1 aliphatic rings. The van der Waals surface area contributed by atoms with E-state index >= 15 is 0 Å². The molecular formula is C24H29F3N2O3. The van der Waals surface area contributed by atoms with Crippen LogP contribution in [0.1, 0.15) is 37.8 Å². The zero-order valence-corrected chi connectivity index (χ0v) is 18.6. The molecule has 5 nitrogen and oxygen atoms in total. The van der Waals surface area contributed by atoms with Gasteiger partial charge in [-0.3, -0.25) is 0 Å². The fourth-order valence-electron chi connectivity index (χ4n) is 3.68. The van der Waals surface area contributed by atoms with Crippen LogP contribution in [0.2, 0.25) is 0 Å². The van der Waals surface area contributed by atoms with E-state index in [0.717, 1.165) is 30.5 Å². The van der Waals surface area contributed by atoms with Gasteiger partial charge in [0.2, 0.25) is 0 Å². The number of amides is 1. The summed E-state index contributed by atoms with van der Waals surface area (Å²) in [5.41, 5.74) is 0.687. The summed E-state index contributed by atoms with van der Waals surface area (Å²) in [6.07, 6.45) is 0.792. The van der Waals surface area contributed by atoms with E-state index < -0.39 is 23.5 Å². The second kappa shape index (κ2) is 10.7. The number of hydrogen-bond acceptors (Lipinski definition) is 4. The summed E-state index contributed by atoms with van der Waals surface area (Å²) < 4.78 is 52.4. The summed E-state index contributed by atoms with van der Waals surface area (Å²) in [6.45, 7) is 5.24. The number of nitrogens with zero attached hydrogens (tertiary/aromatic N) is 2. The molecule has 1 heterocycles. The van der Waals surface area contributed by atoms with Crippen LogP contribution in [-0.2, 0) is 17.9 Å². The topological polar surface area (TPSA) is 42.0 Å². The quantitative estimate of drug-likeness (QED) is 0.549. The van der Waals surface area contributed by atoms with Crippen LogP contribution in [0.5, 0.6) is 5.75 Å². The van der Waals surface area contributed by atoms with E-state index in [0.29, 0.717) is 18.9 Å². The van der Waals surface area contributed by atoms with Gasteiger partial charge in [0.25, 0.3) is 0 Å². The number of rotatable bonds is 7. The Morgan fingerprint density at radius 2 is 1.69 bits per heavy atom. The highest BCUT2D eigenvalue weighted by atomic mass is 19.2. The predicted molar refractivity (Wildman–Crippen MR) is 115 cm³/mol. The number of piperidine rings is 1. The minimum atomic E-state index is -1.26. The van der Waals surface area contributed by atoms with Crippen molar-refractivity contribution in [2.45, 2.75) is 52.0 Å². The first-order chi connectivity index (χ1) is 15.2. The fraction of sp³-hybridized carbons (Fsp3) is 0.458. The molecule has 0 aromatic heterocycles. The molecule has 8 heteroatoms. The number of hydrogen-bond donors (Lipinski definition) is 0. The van der Waals surface area contributed by atoms with E-state index in [-0.39, 0.29) is 30.9 Å². The molecule has 0 aliphatic carbocycles.